The van der Waals surface area contributed by atoms with Gasteiger partial charge in [0.25, 0.3) is 0 Å². The number of aryl methyl sites for hydroxylation is 1. The van der Waals surface area contributed by atoms with Gasteiger partial charge in [0.05, 0.1) is 0 Å². The first kappa shape index (κ1) is 20.2. The van der Waals surface area contributed by atoms with Gasteiger partial charge in [-0.2, -0.15) is 0 Å². The van der Waals surface area contributed by atoms with Crippen molar-refractivity contribution in [1.82, 2.24) is 30.3 Å². The quantitative estimate of drug-likeness (QED) is 0.538. The van der Waals surface area contributed by atoms with E-state index in [1.54, 1.807) is 0 Å². The van der Waals surface area contributed by atoms with Gasteiger partial charge in [0.15, 0.2) is 11.8 Å². The third-order valence-electron chi connectivity index (χ3n) is 5.00. The van der Waals surface area contributed by atoms with E-state index in [9.17, 15) is 4.79 Å². The lowest BCUT2D eigenvalue weighted by molar-refractivity contribution is -0.130. The first-order chi connectivity index (χ1) is 12.5. The summed E-state index contributed by atoms with van der Waals surface area (Å²) in [6, 6.07) is 0.459. The van der Waals surface area contributed by atoms with Crippen LogP contribution in [0, 0.1) is 6.92 Å². The van der Waals surface area contributed by atoms with E-state index >= 15 is 0 Å². The fourth-order valence-corrected chi connectivity index (χ4v) is 3.18. The molecule has 0 aliphatic heterocycles. The zero-order chi connectivity index (χ0) is 18.9. The molecular weight excluding hydrogens is 330 g/mol. The highest BCUT2D eigenvalue weighted by Crippen LogP contribution is 2.17. The fourth-order valence-electron chi connectivity index (χ4n) is 3.18. The molecule has 2 N–H and O–H groups in total. The van der Waals surface area contributed by atoms with Crippen LogP contribution in [0.3, 0.4) is 0 Å². The predicted octanol–water partition coefficient (Wildman–Crippen LogP) is 1.36. The number of nitrogens with zero attached hydrogens (tertiary/aromatic N) is 5. The summed E-state index contributed by atoms with van der Waals surface area (Å²) in [5, 5.41) is 15.0. The molecule has 8 nitrogen and oxygen atoms in total. The van der Waals surface area contributed by atoms with Crippen LogP contribution >= 0.6 is 0 Å². The average molecular weight is 364 g/mol. The van der Waals surface area contributed by atoms with Crippen molar-refractivity contribution < 1.29 is 4.79 Å². The number of carbonyl (C=O) groups is 1. The molecule has 0 radical (unpaired) electrons. The fraction of sp³-hybridized carbons (Fsp3) is 0.778. The molecule has 1 aromatic rings. The lowest BCUT2D eigenvalue weighted by Gasteiger charge is -2.20. The van der Waals surface area contributed by atoms with Crippen LogP contribution in [0.25, 0.3) is 0 Å². The molecule has 1 fully saturated rings. The maximum Gasteiger partial charge on any atom is 0.224 e. The van der Waals surface area contributed by atoms with E-state index in [1.165, 1.54) is 25.7 Å². The number of aliphatic imine (C=N–C) groups is 1. The number of aromatic nitrogens is 3. The summed E-state index contributed by atoms with van der Waals surface area (Å²) >= 11 is 0. The Labute approximate surface area is 156 Å². The van der Waals surface area contributed by atoms with Gasteiger partial charge in [0.1, 0.15) is 12.4 Å². The Hall–Kier alpha value is -2.12. The van der Waals surface area contributed by atoms with E-state index < -0.39 is 0 Å². The Balaban J connectivity index is 1.93. The number of amides is 1. The van der Waals surface area contributed by atoms with Crippen LogP contribution in [0.15, 0.2) is 4.99 Å². The Morgan fingerprint density at radius 2 is 1.96 bits per heavy atom. The van der Waals surface area contributed by atoms with E-state index in [1.807, 2.05) is 37.3 Å². The third-order valence-corrected chi connectivity index (χ3v) is 5.00. The molecule has 1 saturated carbocycles. The van der Waals surface area contributed by atoms with E-state index in [0.29, 0.717) is 25.6 Å². The molecule has 2 rings (SSSR count). The van der Waals surface area contributed by atoms with Crippen molar-refractivity contribution in [2.75, 3.05) is 19.6 Å². The van der Waals surface area contributed by atoms with Crippen LogP contribution in [0.1, 0.15) is 57.6 Å². The largest absolute Gasteiger partial charge is 0.356 e. The topological polar surface area (TPSA) is 87.4 Å². The second-order valence-electron chi connectivity index (χ2n) is 6.76. The van der Waals surface area contributed by atoms with Crippen molar-refractivity contribution in [2.45, 2.75) is 65.5 Å². The third kappa shape index (κ3) is 5.71. The Bertz CT molecular complexity index is 601. The van der Waals surface area contributed by atoms with Gasteiger partial charge in [0, 0.05) is 39.1 Å². The summed E-state index contributed by atoms with van der Waals surface area (Å²) in [7, 11) is 1.94. The molecule has 0 aromatic carbocycles. The number of hydrogen-bond donors (Lipinski definition) is 2. The van der Waals surface area contributed by atoms with Gasteiger partial charge in [0.2, 0.25) is 5.91 Å². The zero-order valence-corrected chi connectivity index (χ0v) is 16.6. The second-order valence-corrected chi connectivity index (χ2v) is 6.76. The van der Waals surface area contributed by atoms with Crippen LogP contribution < -0.4 is 10.6 Å². The summed E-state index contributed by atoms with van der Waals surface area (Å²) in [6.45, 7) is 8.48. The van der Waals surface area contributed by atoms with E-state index in [2.05, 4.69) is 25.8 Å². The molecule has 0 saturated heterocycles. The highest BCUT2D eigenvalue weighted by molar-refractivity contribution is 5.81. The first-order valence-corrected chi connectivity index (χ1v) is 9.72. The van der Waals surface area contributed by atoms with E-state index in [4.69, 9.17) is 0 Å². The van der Waals surface area contributed by atoms with E-state index in [0.717, 1.165) is 30.7 Å². The van der Waals surface area contributed by atoms with Crippen molar-refractivity contribution in [3.63, 3.8) is 0 Å². The molecule has 8 heteroatoms. The molecule has 1 aliphatic carbocycles. The molecule has 0 unspecified atom stereocenters. The lowest BCUT2D eigenvalue weighted by atomic mass is 10.2. The number of rotatable bonds is 8. The maximum atomic E-state index is 12.2. The molecule has 0 atom stereocenters. The first-order valence-electron chi connectivity index (χ1n) is 9.72. The van der Waals surface area contributed by atoms with Crippen LogP contribution in [-0.2, 0) is 18.4 Å². The van der Waals surface area contributed by atoms with Gasteiger partial charge in [-0.1, -0.05) is 12.8 Å². The SMILES string of the molecule is CCN(CC)C(=O)CCNC(=NCc1nnc(C)n1C)NC1CCCC1. The molecule has 146 valence electrons. The molecule has 1 heterocycles. The summed E-state index contributed by atoms with van der Waals surface area (Å²) in [4.78, 5) is 18.7. The monoisotopic (exact) mass is 363 g/mol. The molecule has 26 heavy (non-hydrogen) atoms. The van der Waals surface area contributed by atoms with E-state index in [-0.39, 0.29) is 5.91 Å². The standard InChI is InChI=1S/C18H33N7O/c1-5-25(6-2)17(26)11-12-19-18(21-15-9-7-8-10-15)20-13-16-23-22-14(3)24(16)4/h15H,5-13H2,1-4H3,(H2,19,20,21). The molecule has 0 spiro atoms. The van der Waals surface area contributed by atoms with Gasteiger partial charge in [-0.3, -0.25) is 4.79 Å². The lowest BCUT2D eigenvalue weighted by Crippen LogP contribution is -2.44. The number of guanidine groups is 1. The van der Waals surface area contributed by atoms with Crippen LogP contribution in [-0.4, -0.2) is 57.2 Å². The van der Waals surface area contributed by atoms with Gasteiger partial charge in [-0.15, -0.1) is 10.2 Å². The summed E-state index contributed by atoms with van der Waals surface area (Å²) < 4.78 is 1.95. The van der Waals surface area contributed by atoms with Crippen LogP contribution in [0.2, 0.25) is 0 Å². The van der Waals surface area contributed by atoms with Gasteiger partial charge < -0.3 is 20.1 Å². The Kier molecular flexibility index (Phi) is 7.87. The van der Waals surface area contributed by atoms with Gasteiger partial charge in [-0.25, -0.2) is 4.99 Å². The van der Waals surface area contributed by atoms with Crippen molar-refractivity contribution in [2.24, 2.45) is 12.0 Å². The minimum Gasteiger partial charge on any atom is -0.356 e. The minimum absolute atomic E-state index is 0.173. The van der Waals surface area contributed by atoms with Crippen LogP contribution in [0.5, 0.6) is 0 Å². The van der Waals surface area contributed by atoms with Crippen molar-refractivity contribution >= 4 is 11.9 Å². The molecule has 1 aromatic heterocycles. The number of hydrogen-bond acceptors (Lipinski definition) is 4. The van der Waals surface area contributed by atoms with Crippen molar-refractivity contribution in [3.05, 3.63) is 11.6 Å². The predicted molar refractivity (Wildman–Crippen MR) is 103 cm³/mol. The molecule has 1 aliphatic rings. The maximum absolute atomic E-state index is 12.2. The van der Waals surface area contributed by atoms with Crippen molar-refractivity contribution in [1.29, 1.82) is 0 Å². The smallest absolute Gasteiger partial charge is 0.224 e. The normalized spacial score (nSPS) is 15.3. The Morgan fingerprint density at radius 3 is 2.54 bits per heavy atom. The zero-order valence-electron chi connectivity index (χ0n) is 16.6. The van der Waals surface area contributed by atoms with Gasteiger partial charge >= 0.3 is 0 Å². The summed E-state index contributed by atoms with van der Waals surface area (Å²) in [5.41, 5.74) is 0. The minimum atomic E-state index is 0.173. The Morgan fingerprint density at radius 1 is 1.27 bits per heavy atom. The van der Waals surface area contributed by atoms with Crippen LogP contribution in [0.4, 0.5) is 0 Å². The second kappa shape index (κ2) is 10.1. The highest BCUT2D eigenvalue weighted by atomic mass is 16.2. The summed E-state index contributed by atoms with van der Waals surface area (Å²) in [5.74, 6) is 2.63. The average Bonchev–Trinajstić information content (AvgIpc) is 3.25. The number of nitrogens with one attached hydrogen (secondary N) is 2. The molecule has 0 bridgehead atoms. The molecular formula is C18H33N7O. The molecule has 1 amide bonds. The highest BCUT2D eigenvalue weighted by Gasteiger charge is 2.17. The van der Waals surface area contributed by atoms with Gasteiger partial charge in [-0.05, 0) is 33.6 Å². The summed E-state index contributed by atoms with van der Waals surface area (Å²) in [6.07, 6.45) is 5.32. The number of carbonyl (C=O) groups excluding carboxylic acids is 1. The van der Waals surface area contributed by atoms with Crippen molar-refractivity contribution in [3.8, 4) is 0 Å².